The number of carbonyl (C=O) groups is 1. The summed E-state index contributed by atoms with van der Waals surface area (Å²) in [5.74, 6) is 0.350. The van der Waals surface area contributed by atoms with Gasteiger partial charge in [-0.2, -0.15) is 4.99 Å². The van der Waals surface area contributed by atoms with Gasteiger partial charge in [0.15, 0.2) is 0 Å². The molecular weight excluding hydrogens is 378 g/mol. The molecule has 0 radical (unpaired) electrons. The number of carbonyl (C=O) groups excluding carboxylic acids is 1. The Morgan fingerprint density at radius 3 is 2.83 bits per heavy atom. The molecule has 0 spiro atoms. The predicted octanol–water partition coefficient (Wildman–Crippen LogP) is 3.23. The molecule has 3 atom stereocenters. The van der Waals surface area contributed by atoms with Gasteiger partial charge in [-0.15, -0.1) is 0 Å². The van der Waals surface area contributed by atoms with E-state index in [-0.39, 0.29) is 18.0 Å². The van der Waals surface area contributed by atoms with Crippen molar-refractivity contribution in [1.82, 2.24) is 10.3 Å². The SMILES string of the molecule is CCC(CCNc1nc2ccccc2cc1C(=O)N=C(C)N)NC1CCCCC1O. The van der Waals surface area contributed by atoms with Gasteiger partial charge in [0.05, 0.1) is 17.2 Å². The average molecular weight is 412 g/mol. The number of aliphatic hydroxyl groups is 1. The van der Waals surface area contributed by atoms with E-state index >= 15 is 0 Å². The first-order chi connectivity index (χ1) is 14.5. The third-order valence-electron chi connectivity index (χ3n) is 5.69. The van der Waals surface area contributed by atoms with Gasteiger partial charge in [-0.1, -0.05) is 38.0 Å². The lowest BCUT2D eigenvalue weighted by Gasteiger charge is -2.32. The number of nitrogens with zero attached hydrogens (tertiary/aromatic N) is 2. The van der Waals surface area contributed by atoms with Crippen LogP contribution in [0, 0.1) is 0 Å². The fraction of sp³-hybridized carbons (Fsp3) is 0.522. The zero-order chi connectivity index (χ0) is 21.5. The number of aliphatic hydroxyl groups excluding tert-OH is 1. The van der Waals surface area contributed by atoms with Crippen molar-refractivity contribution in [3.05, 3.63) is 35.9 Å². The number of pyridine rings is 1. The first-order valence-electron chi connectivity index (χ1n) is 10.9. The number of aliphatic imine (C=N–C) groups is 1. The highest BCUT2D eigenvalue weighted by atomic mass is 16.3. The average Bonchev–Trinajstić information content (AvgIpc) is 2.73. The Morgan fingerprint density at radius 1 is 1.33 bits per heavy atom. The number of fused-ring (bicyclic) bond motifs is 1. The Bertz CT molecular complexity index is 894. The molecule has 162 valence electrons. The zero-order valence-electron chi connectivity index (χ0n) is 17.9. The summed E-state index contributed by atoms with van der Waals surface area (Å²) in [4.78, 5) is 21.1. The lowest BCUT2D eigenvalue weighted by molar-refractivity contribution is 0.0840. The van der Waals surface area contributed by atoms with Gasteiger partial charge in [0.25, 0.3) is 5.91 Å². The first kappa shape index (κ1) is 22.2. The third kappa shape index (κ3) is 5.77. The largest absolute Gasteiger partial charge is 0.392 e. The summed E-state index contributed by atoms with van der Waals surface area (Å²) in [5, 5.41) is 18.1. The fourth-order valence-corrected chi connectivity index (χ4v) is 4.01. The molecule has 0 saturated heterocycles. The van der Waals surface area contributed by atoms with E-state index in [9.17, 15) is 9.90 Å². The maximum atomic E-state index is 12.6. The van der Waals surface area contributed by atoms with Gasteiger partial charge in [0, 0.05) is 24.0 Å². The molecule has 1 aromatic carbocycles. The summed E-state index contributed by atoms with van der Waals surface area (Å²) in [7, 11) is 0. The molecule has 1 aliphatic carbocycles. The summed E-state index contributed by atoms with van der Waals surface area (Å²) in [6, 6.07) is 9.96. The van der Waals surface area contributed by atoms with E-state index in [1.807, 2.05) is 30.3 Å². The molecule has 1 saturated carbocycles. The zero-order valence-corrected chi connectivity index (χ0v) is 17.9. The third-order valence-corrected chi connectivity index (χ3v) is 5.69. The molecule has 7 nitrogen and oxygen atoms in total. The minimum atomic E-state index is -0.397. The number of amides is 1. The second-order valence-corrected chi connectivity index (χ2v) is 8.08. The van der Waals surface area contributed by atoms with Gasteiger partial charge in [0.2, 0.25) is 0 Å². The van der Waals surface area contributed by atoms with Crippen molar-refractivity contribution >= 4 is 28.5 Å². The number of hydrogen-bond acceptors (Lipinski definition) is 5. The van der Waals surface area contributed by atoms with Crippen LogP contribution in [0.1, 0.15) is 62.7 Å². The highest BCUT2D eigenvalue weighted by Gasteiger charge is 2.24. The van der Waals surface area contributed by atoms with E-state index in [2.05, 4.69) is 27.5 Å². The molecule has 3 unspecified atom stereocenters. The summed E-state index contributed by atoms with van der Waals surface area (Å²) in [6.45, 7) is 4.40. The Labute approximate surface area is 178 Å². The number of anilines is 1. The Hall–Kier alpha value is -2.51. The van der Waals surface area contributed by atoms with E-state index < -0.39 is 5.91 Å². The van der Waals surface area contributed by atoms with Gasteiger partial charge in [0.1, 0.15) is 11.7 Å². The number of amidine groups is 1. The van der Waals surface area contributed by atoms with Crippen LogP contribution in [0.25, 0.3) is 10.9 Å². The topological polar surface area (TPSA) is 113 Å². The quantitative estimate of drug-likeness (QED) is 0.392. The minimum absolute atomic E-state index is 0.168. The monoisotopic (exact) mass is 411 g/mol. The molecule has 1 amide bonds. The summed E-state index contributed by atoms with van der Waals surface area (Å²) < 4.78 is 0. The minimum Gasteiger partial charge on any atom is -0.392 e. The number of nitrogens with one attached hydrogen (secondary N) is 2. The van der Waals surface area contributed by atoms with Crippen LogP contribution in [0.3, 0.4) is 0 Å². The maximum absolute atomic E-state index is 12.6. The number of rotatable bonds is 8. The summed E-state index contributed by atoms with van der Waals surface area (Å²) >= 11 is 0. The van der Waals surface area contributed by atoms with Crippen LogP contribution in [0.15, 0.2) is 35.3 Å². The molecule has 0 bridgehead atoms. The second-order valence-electron chi connectivity index (χ2n) is 8.08. The lowest BCUT2D eigenvalue weighted by atomic mass is 9.91. The molecule has 30 heavy (non-hydrogen) atoms. The second kappa shape index (κ2) is 10.5. The van der Waals surface area contributed by atoms with Crippen molar-refractivity contribution in [2.24, 2.45) is 10.7 Å². The molecule has 1 heterocycles. The van der Waals surface area contributed by atoms with Crippen LogP contribution in [0.4, 0.5) is 5.82 Å². The smallest absolute Gasteiger partial charge is 0.282 e. The number of benzene rings is 1. The van der Waals surface area contributed by atoms with Crippen molar-refractivity contribution in [2.45, 2.75) is 70.6 Å². The Morgan fingerprint density at radius 2 is 2.10 bits per heavy atom. The van der Waals surface area contributed by atoms with Crippen molar-refractivity contribution in [3.63, 3.8) is 0 Å². The van der Waals surface area contributed by atoms with Crippen LogP contribution in [0.5, 0.6) is 0 Å². The molecule has 1 fully saturated rings. The van der Waals surface area contributed by atoms with Crippen molar-refractivity contribution in [1.29, 1.82) is 0 Å². The molecular formula is C23H33N5O2. The molecule has 0 aliphatic heterocycles. The highest BCUT2D eigenvalue weighted by Crippen LogP contribution is 2.22. The number of hydrogen-bond donors (Lipinski definition) is 4. The maximum Gasteiger partial charge on any atom is 0.282 e. The van der Waals surface area contributed by atoms with Crippen LogP contribution in [-0.4, -0.2) is 46.6 Å². The van der Waals surface area contributed by atoms with Crippen LogP contribution < -0.4 is 16.4 Å². The number of para-hydroxylation sites is 1. The van der Waals surface area contributed by atoms with E-state index in [4.69, 9.17) is 5.73 Å². The molecule has 2 aromatic rings. The van der Waals surface area contributed by atoms with Gasteiger partial charge in [-0.3, -0.25) is 4.79 Å². The van der Waals surface area contributed by atoms with Gasteiger partial charge in [-0.25, -0.2) is 4.98 Å². The molecule has 1 aromatic heterocycles. The number of nitrogens with two attached hydrogens (primary N) is 1. The Balaban J connectivity index is 1.70. The summed E-state index contributed by atoms with van der Waals surface area (Å²) in [5.41, 5.74) is 6.85. The normalized spacial score (nSPS) is 20.8. The van der Waals surface area contributed by atoms with E-state index in [0.717, 1.165) is 49.4 Å². The lowest BCUT2D eigenvalue weighted by Crippen LogP contribution is -2.47. The van der Waals surface area contributed by atoms with Gasteiger partial charge in [-0.05, 0) is 44.7 Å². The van der Waals surface area contributed by atoms with E-state index in [1.54, 1.807) is 6.92 Å². The first-order valence-corrected chi connectivity index (χ1v) is 10.9. The summed E-state index contributed by atoms with van der Waals surface area (Å²) in [6.07, 6.45) is 5.74. The van der Waals surface area contributed by atoms with Gasteiger partial charge >= 0.3 is 0 Å². The van der Waals surface area contributed by atoms with Crippen LogP contribution in [-0.2, 0) is 0 Å². The van der Waals surface area contributed by atoms with E-state index in [1.165, 1.54) is 0 Å². The van der Waals surface area contributed by atoms with Crippen LogP contribution in [0.2, 0.25) is 0 Å². The standard InChI is InChI=1S/C23H33N5O2/c1-3-17(27-20-10-6-7-11-21(20)29)12-13-25-22-18(23(30)26-15(2)24)14-16-8-4-5-9-19(16)28-22/h4-5,8-9,14,17,20-21,27,29H,3,6-7,10-13H2,1-2H3,(H,25,28)(H2,24,26,30). The Kier molecular flexibility index (Phi) is 7.76. The van der Waals surface area contributed by atoms with Crippen molar-refractivity contribution < 1.29 is 9.90 Å². The molecule has 1 aliphatic rings. The highest BCUT2D eigenvalue weighted by molar-refractivity contribution is 6.07. The molecule has 3 rings (SSSR count). The molecule has 5 N–H and O–H groups in total. The van der Waals surface area contributed by atoms with Gasteiger partial charge < -0.3 is 21.5 Å². The fourth-order valence-electron chi connectivity index (χ4n) is 4.01. The predicted molar refractivity (Wildman–Crippen MR) is 122 cm³/mol. The van der Waals surface area contributed by atoms with E-state index in [0.29, 0.717) is 24.0 Å². The molecule has 7 heteroatoms. The number of aromatic nitrogens is 1. The van der Waals surface area contributed by atoms with Crippen LogP contribution >= 0.6 is 0 Å². The van der Waals surface area contributed by atoms with Crippen molar-refractivity contribution in [3.8, 4) is 0 Å². The van der Waals surface area contributed by atoms with Crippen molar-refractivity contribution in [2.75, 3.05) is 11.9 Å².